The topological polar surface area (TPSA) is 58.1 Å². The first-order chi connectivity index (χ1) is 11.4. The van der Waals surface area contributed by atoms with Gasteiger partial charge in [0.2, 0.25) is 0 Å². The Kier molecular flexibility index (Phi) is 3.22. The number of carbonyl (C=O) groups excluding carboxylic acids is 1. The van der Waals surface area contributed by atoms with E-state index in [9.17, 15) is 18.0 Å². The molecular weight excluding hydrogens is 321 g/mol. The lowest BCUT2D eigenvalue weighted by Gasteiger charge is -2.22. The summed E-state index contributed by atoms with van der Waals surface area (Å²) in [7, 11) is 0. The van der Waals surface area contributed by atoms with E-state index in [2.05, 4.69) is 15.5 Å². The van der Waals surface area contributed by atoms with Crippen molar-refractivity contribution in [2.45, 2.75) is 31.1 Å². The Balaban J connectivity index is 1.52. The Morgan fingerprint density at radius 3 is 2.17 bits per heavy atom. The second-order valence-corrected chi connectivity index (χ2v) is 5.88. The number of fused-ring (bicyclic) bond motifs is 5. The number of urea groups is 1. The molecule has 24 heavy (non-hydrogen) atoms. The molecule has 2 amide bonds. The molecule has 5 nitrogen and oxygen atoms in total. The summed E-state index contributed by atoms with van der Waals surface area (Å²) in [6.07, 6.45) is -2.78. The average Bonchev–Trinajstić information content (AvgIpc) is 3.12. The van der Waals surface area contributed by atoms with Crippen molar-refractivity contribution in [3.63, 3.8) is 0 Å². The molecule has 2 unspecified atom stereocenters. The number of carbonyl (C=O) groups is 1. The number of nitrogens with zero attached hydrogens (tertiary/aromatic N) is 3. The molecule has 0 radical (unpaired) electrons. The van der Waals surface area contributed by atoms with Gasteiger partial charge in [-0.15, -0.1) is 10.2 Å². The lowest BCUT2D eigenvalue weighted by molar-refractivity contribution is -0.141. The van der Waals surface area contributed by atoms with Crippen LogP contribution in [0.5, 0.6) is 0 Å². The average molecular weight is 334 g/mol. The fourth-order valence-electron chi connectivity index (χ4n) is 3.55. The van der Waals surface area contributed by atoms with Crippen LogP contribution in [-0.4, -0.2) is 21.1 Å². The maximum Gasteiger partial charge on any atom is 0.435 e. The highest BCUT2D eigenvalue weighted by atomic mass is 19.4. The zero-order valence-electron chi connectivity index (χ0n) is 12.4. The molecule has 4 rings (SSSR count). The van der Waals surface area contributed by atoms with E-state index in [0.29, 0.717) is 0 Å². The van der Waals surface area contributed by atoms with Gasteiger partial charge in [0.05, 0.1) is 12.1 Å². The van der Waals surface area contributed by atoms with Gasteiger partial charge in [0.1, 0.15) is 0 Å². The Morgan fingerprint density at radius 1 is 1.04 bits per heavy atom. The molecule has 2 aliphatic rings. The third-order valence-corrected chi connectivity index (χ3v) is 4.52. The number of anilines is 1. The quantitative estimate of drug-likeness (QED) is 0.860. The number of benzene rings is 1. The molecule has 2 aliphatic heterocycles. The molecule has 124 valence electrons. The number of amides is 2. The van der Waals surface area contributed by atoms with Gasteiger partial charge in [-0.2, -0.15) is 13.2 Å². The first-order valence-corrected chi connectivity index (χ1v) is 7.54. The molecule has 2 bridgehead atoms. The van der Waals surface area contributed by atoms with Crippen LogP contribution in [0.15, 0.2) is 36.4 Å². The molecule has 0 saturated carbocycles. The van der Waals surface area contributed by atoms with Crippen LogP contribution in [0, 0.1) is 0 Å². The van der Waals surface area contributed by atoms with E-state index in [1.165, 1.54) is 0 Å². The van der Waals surface area contributed by atoms with Gasteiger partial charge in [-0.1, -0.05) is 24.3 Å². The summed E-state index contributed by atoms with van der Waals surface area (Å²) < 4.78 is 37.5. The number of hydrogen-bond acceptors (Lipinski definition) is 3. The van der Waals surface area contributed by atoms with Crippen LogP contribution in [0.25, 0.3) is 0 Å². The molecule has 0 spiro atoms. The van der Waals surface area contributed by atoms with Gasteiger partial charge in [-0.05, 0) is 36.1 Å². The van der Waals surface area contributed by atoms with Crippen LogP contribution in [0.2, 0.25) is 0 Å². The van der Waals surface area contributed by atoms with E-state index in [-0.39, 0.29) is 23.9 Å². The summed E-state index contributed by atoms with van der Waals surface area (Å²) in [6.45, 7) is 0. The number of alkyl halides is 3. The predicted molar refractivity (Wildman–Crippen MR) is 79.0 cm³/mol. The fraction of sp³-hybridized carbons (Fsp3) is 0.312. The van der Waals surface area contributed by atoms with Crippen LogP contribution in [0.1, 0.15) is 41.7 Å². The van der Waals surface area contributed by atoms with E-state index in [1.807, 2.05) is 24.3 Å². The minimum absolute atomic E-state index is 0.00311. The van der Waals surface area contributed by atoms with Crippen LogP contribution >= 0.6 is 0 Å². The third kappa shape index (κ3) is 2.29. The molecule has 1 saturated heterocycles. The fourth-order valence-corrected chi connectivity index (χ4v) is 3.55. The molecule has 2 atom stereocenters. The second kappa shape index (κ2) is 5.19. The third-order valence-electron chi connectivity index (χ3n) is 4.52. The van der Waals surface area contributed by atoms with Gasteiger partial charge in [0.15, 0.2) is 11.5 Å². The molecule has 8 heteroatoms. The van der Waals surface area contributed by atoms with Crippen LogP contribution in [-0.2, 0) is 6.18 Å². The largest absolute Gasteiger partial charge is 0.435 e. The Hall–Kier alpha value is -2.64. The van der Waals surface area contributed by atoms with Gasteiger partial charge in [0, 0.05) is 0 Å². The van der Waals surface area contributed by atoms with Crippen molar-refractivity contribution >= 4 is 11.8 Å². The monoisotopic (exact) mass is 334 g/mol. The van der Waals surface area contributed by atoms with Crippen LogP contribution < -0.4 is 5.32 Å². The van der Waals surface area contributed by atoms with Gasteiger partial charge in [-0.25, -0.2) is 4.79 Å². The highest BCUT2D eigenvalue weighted by Crippen LogP contribution is 2.52. The predicted octanol–water partition coefficient (Wildman–Crippen LogP) is 3.92. The van der Waals surface area contributed by atoms with Gasteiger partial charge < -0.3 is 4.90 Å². The number of nitrogens with one attached hydrogen (secondary N) is 1. The standard InChI is InChI=1S/C16H13F3N4O/c17-16(18,19)13-7-8-14(22-21-13)20-15(24)23-11-5-6-12(23)10-4-2-1-3-9(10)11/h1-4,7-8,11-12H,5-6H2,(H,20,22,24). The summed E-state index contributed by atoms with van der Waals surface area (Å²) in [5.74, 6) is 0.00311. The van der Waals surface area contributed by atoms with E-state index in [0.717, 1.165) is 36.1 Å². The van der Waals surface area contributed by atoms with Gasteiger partial charge in [0.25, 0.3) is 0 Å². The lowest BCUT2D eigenvalue weighted by Crippen LogP contribution is -2.32. The van der Waals surface area contributed by atoms with Crippen molar-refractivity contribution in [1.29, 1.82) is 0 Å². The van der Waals surface area contributed by atoms with E-state index in [1.54, 1.807) is 4.90 Å². The van der Waals surface area contributed by atoms with Crippen molar-refractivity contribution in [2.75, 3.05) is 5.32 Å². The molecule has 1 fully saturated rings. The summed E-state index contributed by atoms with van der Waals surface area (Å²) in [5.41, 5.74) is 1.19. The lowest BCUT2D eigenvalue weighted by atomic mass is 9.92. The Labute approximate surface area is 135 Å². The van der Waals surface area contributed by atoms with Crippen molar-refractivity contribution in [2.24, 2.45) is 0 Å². The molecule has 3 heterocycles. The minimum Gasteiger partial charge on any atom is -0.310 e. The smallest absolute Gasteiger partial charge is 0.310 e. The molecular formula is C16H13F3N4O. The maximum atomic E-state index is 12.6. The molecule has 1 N–H and O–H groups in total. The van der Waals surface area contributed by atoms with Crippen molar-refractivity contribution < 1.29 is 18.0 Å². The zero-order chi connectivity index (χ0) is 16.9. The Bertz CT molecular complexity index is 760. The van der Waals surface area contributed by atoms with Crippen molar-refractivity contribution in [3.05, 3.63) is 53.2 Å². The van der Waals surface area contributed by atoms with E-state index >= 15 is 0 Å². The molecule has 2 aromatic rings. The first-order valence-electron chi connectivity index (χ1n) is 7.54. The number of hydrogen-bond donors (Lipinski definition) is 1. The number of aromatic nitrogens is 2. The Morgan fingerprint density at radius 2 is 1.67 bits per heavy atom. The molecule has 1 aromatic carbocycles. The summed E-state index contributed by atoms with van der Waals surface area (Å²) in [4.78, 5) is 14.3. The van der Waals surface area contributed by atoms with E-state index < -0.39 is 11.9 Å². The zero-order valence-corrected chi connectivity index (χ0v) is 12.4. The van der Waals surface area contributed by atoms with Crippen molar-refractivity contribution in [1.82, 2.24) is 15.1 Å². The van der Waals surface area contributed by atoms with Crippen LogP contribution in [0.3, 0.4) is 0 Å². The van der Waals surface area contributed by atoms with E-state index in [4.69, 9.17) is 0 Å². The minimum atomic E-state index is -4.55. The highest BCUT2D eigenvalue weighted by Gasteiger charge is 2.46. The summed E-state index contributed by atoms with van der Waals surface area (Å²) in [5, 5.41) is 9.11. The van der Waals surface area contributed by atoms with Gasteiger partial charge in [-0.3, -0.25) is 5.32 Å². The van der Waals surface area contributed by atoms with Crippen molar-refractivity contribution in [3.8, 4) is 0 Å². The molecule has 0 aliphatic carbocycles. The normalized spacial score (nSPS) is 21.7. The second-order valence-electron chi connectivity index (χ2n) is 5.88. The highest BCUT2D eigenvalue weighted by molar-refractivity contribution is 5.89. The first kappa shape index (κ1) is 14.9. The maximum absolute atomic E-state index is 12.6. The van der Waals surface area contributed by atoms with Crippen LogP contribution in [0.4, 0.5) is 23.8 Å². The number of halogens is 3. The number of rotatable bonds is 1. The summed E-state index contributed by atoms with van der Waals surface area (Å²) in [6, 6.07) is 9.47. The summed E-state index contributed by atoms with van der Waals surface area (Å²) >= 11 is 0. The SMILES string of the molecule is O=C(Nc1ccc(C(F)(F)F)nn1)N1C2CCC1c1ccccc12. The van der Waals surface area contributed by atoms with Gasteiger partial charge >= 0.3 is 12.2 Å². The molecule has 1 aromatic heterocycles.